The van der Waals surface area contributed by atoms with Gasteiger partial charge < -0.3 is 0 Å². The summed E-state index contributed by atoms with van der Waals surface area (Å²) in [6.07, 6.45) is 7.12. The molecule has 2 rings (SSSR count). The van der Waals surface area contributed by atoms with Crippen molar-refractivity contribution in [3.63, 3.8) is 0 Å². The molecule has 1 saturated carbocycles. The lowest BCUT2D eigenvalue weighted by Crippen LogP contribution is -2.47. The van der Waals surface area contributed by atoms with Crippen molar-refractivity contribution >= 4 is 11.6 Å². The quantitative estimate of drug-likeness (QED) is 0.661. The lowest BCUT2D eigenvalue weighted by molar-refractivity contribution is 0.0254. The maximum atomic E-state index is 5.83. The van der Waals surface area contributed by atoms with Crippen LogP contribution in [0.5, 0.6) is 0 Å². The van der Waals surface area contributed by atoms with Gasteiger partial charge in [0.25, 0.3) is 0 Å². The minimum Gasteiger partial charge on any atom is -0.298 e. The third kappa shape index (κ3) is 2.08. The SMILES string of the molecule is C=C(Cl)CN1CCCC2(CCC2)C1. The van der Waals surface area contributed by atoms with Crippen molar-refractivity contribution in [1.82, 2.24) is 4.90 Å². The van der Waals surface area contributed by atoms with E-state index in [1.807, 2.05) is 0 Å². The lowest BCUT2D eigenvalue weighted by atomic mass is 9.64. The molecule has 2 heteroatoms. The first-order valence-electron chi connectivity index (χ1n) is 5.26. The predicted molar refractivity (Wildman–Crippen MR) is 57.0 cm³/mol. The van der Waals surface area contributed by atoms with Crippen molar-refractivity contribution in [3.8, 4) is 0 Å². The van der Waals surface area contributed by atoms with Crippen LogP contribution in [0.1, 0.15) is 32.1 Å². The number of hydrogen-bond donors (Lipinski definition) is 0. The Bertz CT molecular complexity index is 208. The van der Waals surface area contributed by atoms with Crippen LogP contribution in [0, 0.1) is 5.41 Å². The van der Waals surface area contributed by atoms with E-state index < -0.39 is 0 Å². The molecule has 2 fully saturated rings. The summed E-state index contributed by atoms with van der Waals surface area (Å²) < 4.78 is 0. The minimum absolute atomic E-state index is 0.685. The molecule has 0 aromatic rings. The lowest BCUT2D eigenvalue weighted by Gasteiger charge is -2.49. The summed E-state index contributed by atoms with van der Waals surface area (Å²) in [7, 11) is 0. The van der Waals surface area contributed by atoms with E-state index in [0.717, 1.165) is 11.6 Å². The van der Waals surface area contributed by atoms with Crippen LogP contribution in [0.3, 0.4) is 0 Å². The van der Waals surface area contributed by atoms with Gasteiger partial charge in [-0.2, -0.15) is 0 Å². The molecule has 1 aliphatic heterocycles. The molecule has 0 unspecified atom stereocenters. The fourth-order valence-electron chi connectivity index (χ4n) is 2.77. The zero-order valence-corrected chi connectivity index (χ0v) is 8.95. The molecule has 1 spiro atoms. The van der Waals surface area contributed by atoms with Crippen molar-refractivity contribution in [2.75, 3.05) is 19.6 Å². The molecule has 1 saturated heterocycles. The summed E-state index contributed by atoms with van der Waals surface area (Å²) >= 11 is 5.83. The van der Waals surface area contributed by atoms with E-state index in [2.05, 4.69) is 11.5 Å². The maximum Gasteiger partial charge on any atom is 0.0335 e. The summed E-state index contributed by atoms with van der Waals surface area (Å²) in [4.78, 5) is 2.47. The van der Waals surface area contributed by atoms with Crippen molar-refractivity contribution < 1.29 is 0 Å². The largest absolute Gasteiger partial charge is 0.298 e. The normalized spacial score (nSPS) is 27.2. The van der Waals surface area contributed by atoms with Gasteiger partial charge in [-0.25, -0.2) is 0 Å². The predicted octanol–water partition coefficient (Wildman–Crippen LogP) is 3.01. The Morgan fingerprint density at radius 3 is 2.54 bits per heavy atom. The molecule has 1 heterocycles. The molecule has 1 nitrogen and oxygen atoms in total. The molecule has 0 amide bonds. The Hall–Kier alpha value is -0.0100. The summed E-state index contributed by atoms with van der Waals surface area (Å²) in [5.74, 6) is 0. The fourth-order valence-corrected chi connectivity index (χ4v) is 2.94. The zero-order chi connectivity index (χ0) is 9.31. The molecule has 0 N–H and O–H groups in total. The van der Waals surface area contributed by atoms with Gasteiger partial charge in [0, 0.05) is 18.1 Å². The highest BCUT2D eigenvalue weighted by molar-refractivity contribution is 6.29. The Morgan fingerprint density at radius 2 is 2.00 bits per heavy atom. The summed E-state index contributed by atoms with van der Waals surface area (Å²) in [5.41, 5.74) is 0.685. The van der Waals surface area contributed by atoms with Gasteiger partial charge in [-0.05, 0) is 37.6 Å². The number of likely N-dealkylation sites (tertiary alicyclic amines) is 1. The zero-order valence-electron chi connectivity index (χ0n) is 8.19. The molecule has 13 heavy (non-hydrogen) atoms. The van der Waals surface area contributed by atoms with E-state index in [0.29, 0.717) is 5.41 Å². The van der Waals surface area contributed by atoms with Gasteiger partial charge in [-0.1, -0.05) is 24.6 Å². The van der Waals surface area contributed by atoms with Gasteiger partial charge in [0.05, 0.1) is 0 Å². The van der Waals surface area contributed by atoms with Gasteiger partial charge in [0.1, 0.15) is 0 Å². The number of rotatable bonds is 2. The fraction of sp³-hybridized carbons (Fsp3) is 0.818. The Balaban J connectivity index is 1.88. The third-order valence-electron chi connectivity index (χ3n) is 3.55. The molecule has 0 aromatic heterocycles. The van der Waals surface area contributed by atoms with Crippen LogP contribution >= 0.6 is 11.6 Å². The number of halogens is 1. The molecule has 0 atom stereocenters. The summed E-state index contributed by atoms with van der Waals surface area (Å²) in [6, 6.07) is 0. The van der Waals surface area contributed by atoms with Gasteiger partial charge >= 0.3 is 0 Å². The van der Waals surface area contributed by atoms with Crippen molar-refractivity contribution in [1.29, 1.82) is 0 Å². The van der Waals surface area contributed by atoms with E-state index in [4.69, 9.17) is 11.6 Å². The Kier molecular flexibility index (Phi) is 2.66. The average molecular weight is 200 g/mol. The number of piperidine rings is 1. The maximum absolute atomic E-state index is 5.83. The van der Waals surface area contributed by atoms with Crippen molar-refractivity contribution in [2.45, 2.75) is 32.1 Å². The molecule has 0 radical (unpaired) electrons. The standard InChI is InChI=1S/C11H18ClN/c1-10(12)8-13-7-3-6-11(9-13)4-2-5-11/h1-9H2. The highest BCUT2D eigenvalue weighted by atomic mass is 35.5. The average Bonchev–Trinajstić information content (AvgIpc) is 2.01. The van der Waals surface area contributed by atoms with Crippen LogP contribution in [-0.4, -0.2) is 24.5 Å². The molecule has 74 valence electrons. The minimum atomic E-state index is 0.685. The molecule has 0 aromatic carbocycles. The van der Waals surface area contributed by atoms with Crippen molar-refractivity contribution in [2.24, 2.45) is 5.41 Å². The smallest absolute Gasteiger partial charge is 0.0335 e. The third-order valence-corrected chi connectivity index (χ3v) is 3.67. The first-order valence-corrected chi connectivity index (χ1v) is 5.64. The van der Waals surface area contributed by atoms with E-state index in [-0.39, 0.29) is 0 Å². The molecule has 1 aliphatic carbocycles. The van der Waals surface area contributed by atoms with Gasteiger partial charge in [0.2, 0.25) is 0 Å². The molecular formula is C11H18ClN. The highest BCUT2D eigenvalue weighted by Gasteiger charge is 2.40. The number of hydrogen-bond acceptors (Lipinski definition) is 1. The Labute approximate surface area is 85.8 Å². The second-order valence-corrected chi connectivity index (χ2v) is 5.22. The van der Waals surface area contributed by atoms with E-state index in [1.54, 1.807) is 0 Å². The molecular weight excluding hydrogens is 182 g/mol. The van der Waals surface area contributed by atoms with Crippen LogP contribution in [-0.2, 0) is 0 Å². The Morgan fingerprint density at radius 1 is 1.31 bits per heavy atom. The highest BCUT2D eigenvalue weighted by Crippen LogP contribution is 2.47. The van der Waals surface area contributed by atoms with Crippen LogP contribution in [0.15, 0.2) is 11.6 Å². The van der Waals surface area contributed by atoms with Crippen LogP contribution in [0.2, 0.25) is 0 Å². The molecule has 2 aliphatic rings. The van der Waals surface area contributed by atoms with E-state index in [1.165, 1.54) is 45.2 Å². The van der Waals surface area contributed by atoms with Gasteiger partial charge in [0.15, 0.2) is 0 Å². The van der Waals surface area contributed by atoms with Crippen LogP contribution in [0.4, 0.5) is 0 Å². The topological polar surface area (TPSA) is 3.24 Å². The van der Waals surface area contributed by atoms with Gasteiger partial charge in [-0.15, -0.1) is 0 Å². The monoisotopic (exact) mass is 199 g/mol. The van der Waals surface area contributed by atoms with Gasteiger partial charge in [-0.3, -0.25) is 4.90 Å². The van der Waals surface area contributed by atoms with Crippen molar-refractivity contribution in [3.05, 3.63) is 11.6 Å². The van der Waals surface area contributed by atoms with Crippen LogP contribution in [0.25, 0.3) is 0 Å². The first-order chi connectivity index (χ1) is 6.20. The number of nitrogens with zero attached hydrogens (tertiary/aromatic N) is 1. The summed E-state index contributed by atoms with van der Waals surface area (Å²) in [6.45, 7) is 7.14. The second-order valence-electron chi connectivity index (χ2n) is 4.69. The van der Waals surface area contributed by atoms with E-state index in [9.17, 15) is 0 Å². The van der Waals surface area contributed by atoms with Crippen LogP contribution < -0.4 is 0 Å². The van der Waals surface area contributed by atoms with E-state index >= 15 is 0 Å². The molecule has 0 bridgehead atoms. The second kappa shape index (κ2) is 3.62. The summed E-state index contributed by atoms with van der Waals surface area (Å²) in [5, 5.41) is 0.788. The first kappa shape index (κ1) is 9.54.